The van der Waals surface area contributed by atoms with Crippen molar-refractivity contribution < 1.29 is 0 Å². The summed E-state index contributed by atoms with van der Waals surface area (Å²) in [5.74, 6) is 1.03. The summed E-state index contributed by atoms with van der Waals surface area (Å²) in [5, 5.41) is 4.67. The van der Waals surface area contributed by atoms with Crippen molar-refractivity contribution in [2.75, 3.05) is 6.26 Å². The Morgan fingerprint density at radius 3 is 2.79 bits per heavy atom. The Kier molecular flexibility index (Phi) is 4.92. The van der Waals surface area contributed by atoms with Gasteiger partial charge in [0, 0.05) is 23.2 Å². The lowest BCUT2D eigenvalue weighted by Crippen LogP contribution is -2.21. The Hall–Kier alpha value is -0.0600. The Balaban J connectivity index is 2.58. The van der Waals surface area contributed by atoms with E-state index in [0.717, 1.165) is 12.3 Å². The number of hydrogen-bond donors (Lipinski definition) is 1. The second-order valence-corrected chi connectivity index (χ2v) is 5.62. The minimum absolute atomic E-state index is 0.542. The van der Waals surface area contributed by atoms with Crippen LogP contribution in [0.4, 0.5) is 0 Å². The summed E-state index contributed by atoms with van der Waals surface area (Å²) < 4.78 is 0. The maximum absolute atomic E-state index is 4.54. The van der Waals surface area contributed by atoms with Crippen molar-refractivity contribution in [2.24, 2.45) is 0 Å². The fraction of sp³-hybridized carbons (Fsp3) is 0.700. The van der Waals surface area contributed by atoms with Crippen molar-refractivity contribution in [1.29, 1.82) is 0 Å². The first-order valence-electron chi connectivity index (χ1n) is 4.81. The van der Waals surface area contributed by atoms with Gasteiger partial charge in [0.25, 0.3) is 0 Å². The zero-order chi connectivity index (χ0) is 10.6. The van der Waals surface area contributed by atoms with E-state index in [1.54, 1.807) is 0 Å². The Bertz CT molecular complexity index is 282. The van der Waals surface area contributed by atoms with Gasteiger partial charge in [0.05, 0.1) is 5.69 Å². The molecule has 0 aliphatic heterocycles. The van der Waals surface area contributed by atoms with Gasteiger partial charge in [-0.05, 0) is 13.2 Å². The maximum atomic E-state index is 4.54. The third-order valence-corrected chi connectivity index (χ3v) is 3.78. The van der Waals surface area contributed by atoms with Gasteiger partial charge in [0.2, 0.25) is 0 Å². The zero-order valence-electron chi connectivity index (χ0n) is 9.26. The number of thiazole rings is 1. The van der Waals surface area contributed by atoms with Crippen LogP contribution in [0.3, 0.4) is 0 Å². The monoisotopic (exact) mass is 230 g/mol. The molecule has 0 amide bonds. The Morgan fingerprint density at radius 2 is 2.21 bits per heavy atom. The molecule has 0 saturated heterocycles. The molecule has 0 spiro atoms. The second kappa shape index (κ2) is 5.73. The summed E-state index contributed by atoms with van der Waals surface area (Å²) in [6.45, 7) is 7.38. The molecular weight excluding hydrogens is 212 g/mol. The number of aryl methyl sites for hydroxylation is 1. The number of nitrogens with zero attached hydrogens (tertiary/aromatic N) is 1. The van der Waals surface area contributed by atoms with Gasteiger partial charge >= 0.3 is 0 Å². The number of thioether (sulfide) groups is 1. The summed E-state index contributed by atoms with van der Waals surface area (Å²) in [5.41, 5.74) is 1.19. The van der Waals surface area contributed by atoms with Crippen molar-refractivity contribution in [3.8, 4) is 0 Å². The summed E-state index contributed by atoms with van der Waals surface area (Å²) >= 11 is 3.66. The first-order valence-corrected chi connectivity index (χ1v) is 7.02. The zero-order valence-corrected chi connectivity index (χ0v) is 10.9. The van der Waals surface area contributed by atoms with E-state index >= 15 is 0 Å². The van der Waals surface area contributed by atoms with Crippen LogP contribution in [-0.4, -0.2) is 17.3 Å². The van der Waals surface area contributed by atoms with E-state index in [1.807, 2.05) is 23.1 Å². The van der Waals surface area contributed by atoms with Crippen molar-refractivity contribution in [3.05, 3.63) is 15.6 Å². The van der Waals surface area contributed by atoms with Gasteiger partial charge in [-0.3, -0.25) is 0 Å². The predicted octanol–water partition coefficient (Wildman–Crippen LogP) is 2.81. The molecule has 0 aliphatic rings. The molecule has 0 aromatic carbocycles. The van der Waals surface area contributed by atoms with Crippen LogP contribution >= 0.6 is 23.1 Å². The molecule has 1 rings (SSSR count). The number of hydrogen-bond acceptors (Lipinski definition) is 4. The van der Waals surface area contributed by atoms with Crippen molar-refractivity contribution >= 4 is 23.1 Å². The first-order chi connectivity index (χ1) is 6.63. The second-order valence-electron chi connectivity index (χ2n) is 3.58. The lowest BCUT2D eigenvalue weighted by atomic mass is 10.3. The number of rotatable bonds is 5. The largest absolute Gasteiger partial charge is 0.310 e. The average Bonchev–Trinajstić information content (AvgIpc) is 2.44. The van der Waals surface area contributed by atoms with E-state index in [4.69, 9.17) is 0 Å². The van der Waals surface area contributed by atoms with Crippen LogP contribution in [0.2, 0.25) is 0 Å². The molecule has 2 nitrogen and oxygen atoms in total. The van der Waals surface area contributed by atoms with Crippen LogP contribution in [0.1, 0.15) is 29.4 Å². The highest BCUT2D eigenvalue weighted by atomic mass is 32.2. The third kappa shape index (κ3) is 3.59. The van der Waals surface area contributed by atoms with E-state index < -0.39 is 0 Å². The van der Waals surface area contributed by atoms with Gasteiger partial charge in [0.1, 0.15) is 5.01 Å². The fourth-order valence-electron chi connectivity index (χ4n) is 1.13. The third-order valence-electron chi connectivity index (χ3n) is 1.88. The topological polar surface area (TPSA) is 24.9 Å². The molecule has 1 aromatic rings. The summed E-state index contributed by atoms with van der Waals surface area (Å²) in [7, 11) is 0. The highest BCUT2D eigenvalue weighted by Gasteiger charge is 2.06. The fourth-order valence-corrected chi connectivity index (χ4v) is 2.85. The van der Waals surface area contributed by atoms with Gasteiger partial charge < -0.3 is 5.32 Å². The van der Waals surface area contributed by atoms with Crippen LogP contribution in [0, 0.1) is 6.92 Å². The molecule has 0 unspecified atom stereocenters. The van der Waals surface area contributed by atoms with Crippen LogP contribution in [0.25, 0.3) is 0 Å². The van der Waals surface area contributed by atoms with Gasteiger partial charge in [-0.2, -0.15) is 11.8 Å². The predicted molar refractivity (Wildman–Crippen MR) is 66.0 cm³/mol. The first kappa shape index (κ1) is 12.0. The summed E-state index contributed by atoms with van der Waals surface area (Å²) in [6.07, 6.45) is 2.11. The van der Waals surface area contributed by atoms with Crippen LogP contribution < -0.4 is 5.32 Å². The van der Waals surface area contributed by atoms with Gasteiger partial charge in [-0.15, -0.1) is 11.3 Å². The molecule has 14 heavy (non-hydrogen) atoms. The molecule has 0 fully saturated rings. The molecule has 0 radical (unpaired) electrons. The average molecular weight is 230 g/mol. The van der Waals surface area contributed by atoms with Crippen LogP contribution in [0.15, 0.2) is 0 Å². The molecule has 80 valence electrons. The SMILES string of the molecule is CSCc1nc(C)c(CNC(C)C)s1. The van der Waals surface area contributed by atoms with E-state index in [-0.39, 0.29) is 0 Å². The number of aromatic nitrogens is 1. The molecule has 4 heteroatoms. The van der Waals surface area contributed by atoms with Crippen molar-refractivity contribution in [3.63, 3.8) is 0 Å². The normalized spacial score (nSPS) is 11.2. The van der Waals surface area contributed by atoms with Gasteiger partial charge in [-0.25, -0.2) is 4.98 Å². The van der Waals surface area contributed by atoms with Crippen molar-refractivity contribution in [1.82, 2.24) is 10.3 Å². The molecule has 1 aromatic heterocycles. The van der Waals surface area contributed by atoms with E-state index in [0.29, 0.717) is 6.04 Å². The number of nitrogens with one attached hydrogen (secondary N) is 1. The molecule has 0 atom stereocenters. The molecule has 0 saturated carbocycles. The smallest absolute Gasteiger partial charge is 0.103 e. The van der Waals surface area contributed by atoms with Crippen LogP contribution in [0.5, 0.6) is 0 Å². The molecule has 0 bridgehead atoms. The summed E-state index contributed by atoms with van der Waals surface area (Å²) in [4.78, 5) is 5.91. The standard InChI is InChI=1S/C10H18N2S2/c1-7(2)11-5-9-8(3)12-10(14-9)6-13-4/h7,11H,5-6H2,1-4H3. The molecule has 1 N–H and O–H groups in total. The lowest BCUT2D eigenvalue weighted by molar-refractivity contribution is 0.591. The molecule has 0 aliphatic carbocycles. The van der Waals surface area contributed by atoms with E-state index in [2.05, 4.69) is 37.3 Å². The Morgan fingerprint density at radius 1 is 1.50 bits per heavy atom. The highest BCUT2D eigenvalue weighted by Crippen LogP contribution is 2.21. The summed E-state index contributed by atoms with van der Waals surface area (Å²) in [6, 6.07) is 0.542. The highest BCUT2D eigenvalue weighted by molar-refractivity contribution is 7.97. The Labute approximate surface area is 94.5 Å². The molecule has 1 heterocycles. The van der Waals surface area contributed by atoms with Crippen molar-refractivity contribution in [2.45, 2.75) is 39.1 Å². The minimum atomic E-state index is 0.542. The van der Waals surface area contributed by atoms with Gasteiger partial charge in [-0.1, -0.05) is 13.8 Å². The van der Waals surface area contributed by atoms with E-state index in [9.17, 15) is 0 Å². The van der Waals surface area contributed by atoms with Crippen LogP contribution in [-0.2, 0) is 12.3 Å². The van der Waals surface area contributed by atoms with E-state index in [1.165, 1.54) is 15.6 Å². The lowest BCUT2D eigenvalue weighted by Gasteiger charge is -2.05. The van der Waals surface area contributed by atoms with Gasteiger partial charge in [0.15, 0.2) is 0 Å². The minimum Gasteiger partial charge on any atom is -0.310 e. The maximum Gasteiger partial charge on any atom is 0.103 e. The quantitative estimate of drug-likeness (QED) is 0.842. The molecular formula is C10H18N2S2.